The zero-order valence-corrected chi connectivity index (χ0v) is 16.6. The predicted molar refractivity (Wildman–Crippen MR) is 110 cm³/mol. The van der Waals surface area contributed by atoms with E-state index in [0.29, 0.717) is 19.3 Å². The summed E-state index contributed by atoms with van der Waals surface area (Å²) in [5, 5.41) is 29.7. The van der Waals surface area contributed by atoms with E-state index >= 15 is 0 Å². The molecule has 0 aromatic heterocycles. The van der Waals surface area contributed by atoms with Crippen LogP contribution < -0.4 is 11.1 Å². The Morgan fingerprint density at radius 3 is 2.37 bits per heavy atom. The van der Waals surface area contributed by atoms with Crippen molar-refractivity contribution in [2.75, 3.05) is 0 Å². The molecule has 1 atom stereocenters. The second-order valence-corrected chi connectivity index (χ2v) is 7.49. The lowest BCUT2D eigenvalue weighted by molar-refractivity contribution is -0.138. The first-order chi connectivity index (χ1) is 12.9. The summed E-state index contributed by atoms with van der Waals surface area (Å²) in [7, 11) is -1.30. The highest BCUT2D eigenvalue weighted by Crippen LogP contribution is 2.18. The highest BCUT2D eigenvalue weighted by atomic mass is 35.5. The summed E-state index contributed by atoms with van der Waals surface area (Å²) in [6, 6.07) is 8.00. The molecule has 1 saturated carbocycles. The Bertz CT molecular complexity index is 525. The SMILES string of the molecule is Clc1ccc(CNC2CCCCC2)cc1.NC(CCCCB(O)O)C(=O)O. The summed E-state index contributed by atoms with van der Waals surface area (Å²) in [6.45, 7) is 0.974. The van der Waals surface area contributed by atoms with Gasteiger partial charge in [-0.3, -0.25) is 4.79 Å². The topological polar surface area (TPSA) is 116 Å². The third-order valence-corrected chi connectivity index (χ3v) is 4.91. The molecule has 0 aliphatic heterocycles. The number of nitrogens with one attached hydrogen (secondary N) is 1. The number of carboxylic acid groups (broad SMARTS) is 1. The van der Waals surface area contributed by atoms with Crippen molar-refractivity contribution in [2.24, 2.45) is 5.73 Å². The van der Waals surface area contributed by atoms with E-state index in [0.717, 1.165) is 17.6 Å². The monoisotopic (exact) mass is 398 g/mol. The Morgan fingerprint density at radius 2 is 1.81 bits per heavy atom. The van der Waals surface area contributed by atoms with Gasteiger partial charge in [0.2, 0.25) is 0 Å². The zero-order valence-electron chi connectivity index (χ0n) is 15.8. The van der Waals surface area contributed by atoms with Crippen molar-refractivity contribution in [3.63, 3.8) is 0 Å². The second-order valence-electron chi connectivity index (χ2n) is 7.05. The van der Waals surface area contributed by atoms with Crippen LogP contribution in [0.1, 0.15) is 56.9 Å². The van der Waals surface area contributed by atoms with Gasteiger partial charge in [-0.1, -0.05) is 55.8 Å². The Kier molecular flexibility index (Phi) is 12.4. The fraction of sp³-hybridized carbons (Fsp3) is 0.632. The first-order valence-corrected chi connectivity index (χ1v) is 10.1. The van der Waals surface area contributed by atoms with Gasteiger partial charge in [-0.15, -0.1) is 0 Å². The lowest BCUT2D eigenvalue weighted by Gasteiger charge is -2.22. The molecule has 1 aromatic rings. The molecule has 1 aromatic carbocycles. The maximum absolute atomic E-state index is 10.2. The number of rotatable bonds is 9. The molecule has 0 amide bonds. The van der Waals surface area contributed by atoms with Crippen LogP contribution in [0.3, 0.4) is 0 Å². The van der Waals surface area contributed by atoms with Gasteiger partial charge in [-0.2, -0.15) is 0 Å². The van der Waals surface area contributed by atoms with Crippen molar-refractivity contribution in [2.45, 2.75) is 76.3 Å². The summed E-state index contributed by atoms with van der Waals surface area (Å²) in [6.07, 6.45) is 8.70. The summed E-state index contributed by atoms with van der Waals surface area (Å²) in [4.78, 5) is 10.2. The molecule has 6 N–H and O–H groups in total. The molecule has 0 saturated heterocycles. The molecule has 0 spiro atoms. The molecule has 1 fully saturated rings. The number of aliphatic carboxylic acids is 1. The van der Waals surface area contributed by atoms with Gasteiger partial charge in [0, 0.05) is 17.6 Å². The van der Waals surface area contributed by atoms with Gasteiger partial charge in [-0.25, -0.2) is 0 Å². The van der Waals surface area contributed by atoms with Crippen LogP contribution in [0, 0.1) is 0 Å². The molecular formula is C19H32BClN2O4. The maximum Gasteiger partial charge on any atom is 0.451 e. The van der Waals surface area contributed by atoms with Gasteiger partial charge in [0.05, 0.1) is 0 Å². The standard InChI is InChI=1S/C13H18ClN.C6H14BNO4/c14-12-8-6-11(7-9-12)10-15-13-4-2-1-3-5-13;8-5(6(9)10)3-1-2-4-7(11)12/h6-9,13,15H,1-5,10H2;5,11-12H,1-4,8H2,(H,9,10). The lowest BCUT2D eigenvalue weighted by atomic mass is 9.83. The number of benzene rings is 1. The molecule has 27 heavy (non-hydrogen) atoms. The van der Waals surface area contributed by atoms with Crippen LogP contribution in [0.25, 0.3) is 0 Å². The fourth-order valence-corrected chi connectivity index (χ4v) is 3.11. The van der Waals surface area contributed by atoms with E-state index in [-0.39, 0.29) is 6.32 Å². The number of nitrogens with two attached hydrogens (primary N) is 1. The normalized spacial score (nSPS) is 15.6. The minimum absolute atomic E-state index is 0.270. The number of carboxylic acids is 1. The summed E-state index contributed by atoms with van der Waals surface area (Å²) >= 11 is 5.84. The third-order valence-electron chi connectivity index (χ3n) is 4.66. The van der Waals surface area contributed by atoms with E-state index in [4.69, 9.17) is 32.5 Å². The first kappa shape index (κ1) is 23.9. The highest BCUT2D eigenvalue weighted by Gasteiger charge is 2.12. The Morgan fingerprint density at radius 1 is 1.19 bits per heavy atom. The maximum atomic E-state index is 10.2. The van der Waals surface area contributed by atoms with Gasteiger partial charge in [0.25, 0.3) is 0 Å². The summed E-state index contributed by atoms with van der Waals surface area (Å²) in [5.74, 6) is -1.01. The van der Waals surface area contributed by atoms with Gasteiger partial charge >= 0.3 is 13.1 Å². The van der Waals surface area contributed by atoms with E-state index < -0.39 is 19.1 Å². The molecule has 2 rings (SSSR count). The molecule has 1 unspecified atom stereocenters. The quantitative estimate of drug-likeness (QED) is 0.323. The highest BCUT2D eigenvalue weighted by molar-refractivity contribution is 6.40. The first-order valence-electron chi connectivity index (χ1n) is 9.71. The van der Waals surface area contributed by atoms with E-state index in [2.05, 4.69) is 17.4 Å². The van der Waals surface area contributed by atoms with Crippen LogP contribution in [-0.2, 0) is 11.3 Å². The van der Waals surface area contributed by atoms with E-state index in [1.165, 1.54) is 37.7 Å². The van der Waals surface area contributed by atoms with E-state index in [1.54, 1.807) is 0 Å². The summed E-state index contributed by atoms with van der Waals surface area (Å²) in [5.41, 5.74) is 6.53. The van der Waals surface area contributed by atoms with Gasteiger partial charge in [0.1, 0.15) is 6.04 Å². The van der Waals surface area contributed by atoms with E-state index in [1.807, 2.05) is 12.1 Å². The van der Waals surface area contributed by atoms with Gasteiger partial charge in [0.15, 0.2) is 0 Å². The number of carbonyl (C=O) groups is 1. The molecule has 1 aliphatic rings. The van der Waals surface area contributed by atoms with Crippen LogP contribution in [-0.4, -0.2) is 40.3 Å². The molecular weight excluding hydrogens is 366 g/mol. The number of halogens is 1. The van der Waals surface area contributed by atoms with E-state index in [9.17, 15) is 4.79 Å². The molecule has 0 heterocycles. The molecule has 1 aliphatic carbocycles. The van der Waals surface area contributed by atoms with Crippen molar-refractivity contribution in [1.29, 1.82) is 0 Å². The smallest absolute Gasteiger partial charge is 0.451 e. The third kappa shape index (κ3) is 12.1. The average molecular weight is 399 g/mol. The Hall–Kier alpha value is -1.12. The van der Waals surface area contributed by atoms with Crippen LogP contribution >= 0.6 is 11.6 Å². The number of unbranched alkanes of at least 4 members (excludes halogenated alkanes) is 1. The van der Waals surface area contributed by atoms with Crippen molar-refractivity contribution >= 4 is 24.7 Å². The average Bonchev–Trinajstić information content (AvgIpc) is 2.66. The largest absolute Gasteiger partial charge is 0.480 e. The van der Waals surface area contributed by atoms with Crippen LogP contribution in [0.4, 0.5) is 0 Å². The second kappa shape index (κ2) is 14.0. The Labute approximate surface area is 167 Å². The molecule has 8 heteroatoms. The number of hydrogen-bond acceptors (Lipinski definition) is 5. The minimum atomic E-state index is -1.30. The zero-order chi connectivity index (χ0) is 20.1. The fourth-order valence-electron chi connectivity index (χ4n) is 2.99. The van der Waals surface area contributed by atoms with Crippen molar-refractivity contribution in [3.05, 3.63) is 34.9 Å². The lowest BCUT2D eigenvalue weighted by Crippen LogP contribution is -2.30. The molecule has 6 nitrogen and oxygen atoms in total. The molecule has 0 radical (unpaired) electrons. The van der Waals surface area contributed by atoms with Gasteiger partial charge < -0.3 is 26.2 Å². The van der Waals surface area contributed by atoms with Crippen molar-refractivity contribution < 1.29 is 19.9 Å². The number of hydrogen-bond donors (Lipinski definition) is 5. The molecule has 0 bridgehead atoms. The summed E-state index contributed by atoms with van der Waals surface area (Å²) < 4.78 is 0. The van der Waals surface area contributed by atoms with Gasteiger partial charge in [-0.05, 0) is 43.3 Å². The van der Waals surface area contributed by atoms with Crippen LogP contribution in [0.2, 0.25) is 11.3 Å². The Balaban J connectivity index is 0.000000279. The predicted octanol–water partition coefficient (Wildman–Crippen LogP) is 2.80. The minimum Gasteiger partial charge on any atom is -0.480 e. The van der Waals surface area contributed by atoms with Crippen LogP contribution in [0.5, 0.6) is 0 Å². The van der Waals surface area contributed by atoms with Crippen LogP contribution in [0.15, 0.2) is 24.3 Å². The molecule has 152 valence electrons. The van der Waals surface area contributed by atoms with Crippen molar-refractivity contribution in [1.82, 2.24) is 5.32 Å². The van der Waals surface area contributed by atoms with Crippen molar-refractivity contribution in [3.8, 4) is 0 Å².